The molecule has 1 aromatic rings. The van der Waals surface area contributed by atoms with E-state index in [0.717, 1.165) is 18.0 Å². The molecule has 0 amide bonds. The van der Waals surface area contributed by atoms with E-state index < -0.39 is 6.61 Å². The fourth-order valence-electron chi connectivity index (χ4n) is 2.06. The van der Waals surface area contributed by atoms with Gasteiger partial charge in [-0.25, -0.2) is 0 Å². The standard InChI is InChI=1S/C14H19F2NO/c1-10(17-9-8-11-6-7-11)12-4-2-3-5-13(12)18-14(15)16/h2-5,10-11,14,17H,6-9H2,1H3. The second-order valence-electron chi connectivity index (χ2n) is 4.82. The lowest BCUT2D eigenvalue weighted by Gasteiger charge is -2.18. The van der Waals surface area contributed by atoms with Crippen LogP contribution in [0.2, 0.25) is 0 Å². The molecule has 0 spiro atoms. The Morgan fingerprint density at radius 2 is 2.06 bits per heavy atom. The van der Waals surface area contributed by atoms with E-state index in [2.05, 4.69) is 10.1 Å². The summed E-state index contributed by atoms with van der Waals surface area (Å²) in [5.41, 5.74) is 0.786. The highest BCUT2D eigenvalue weighted by molar-refractivity contribution is 5.35. The molecule has 1 saturated carbocycles. The normalized spacial score (nSPS) is 16.9. The van der Waals surface area contributed by atoms with Crippen molar-refractivity contribution in [2.24, 2.45) is 5.92 Å². The second-order valence-corrected chi connectivity index (χ2v) is 4.82. The first-order valence-electron chi connectivity index (χ1n) is 6.44. The first kappa shape index (κ1) is 13.3. The molecule has 0 bridgehead atoms. The minimum atomic E-state index is -2.77. The van der Waals surface area contributed by atoms with Gasteiger partial charge in [-0.1, -0.05) is 31.0 Å². The van der Waals surface area contributed by atoms with E-state index in [0.29, 0.717) is 0 Å². The summed E-state index contributed by atoms with van der Waals surface area (Å²) in [7, 11) is 0. The average molecular weight is 255 g/mol. The van der Waals surface area contributed by atoms with Crippen LogP contribution in [0.1, 0.15) is 37.8 Å². The van der Waals surface area contributed by atoms with Crippen molar-refractivity contribution in [2.75, 3.05) is 6.54 Å². The van der Waals surface area contributed by atoms with Gasteiger partial charge in [0.05, 0.1) is 0 Å². The number of benzene rings is 1. The van der Waals surface area contributed by atoms with E-state index in [-0.39, 0.29) is 11.8 Å². The number of hydrogen-bond donors (Lipinski definition) is 1. The Labute approximate surface area is 106 Å². The van der Waals surface area contributed by atoms with Crippen molar-refractivity contribution in [3.63, 3.8) is 0 Å². The lowest BCUT2D eigenvalue weighted by Crippen LogP contribution is -2.21. The van der Waals surface area contributed by atoms with Gasteiger partial charge < -0.3 is 10.1 Å². The molecule has 1 aromatic carbocycles. The summed E-state index contributed by atoms with van der Waals surface area (Å²) in [5.74, 6) is 1.14. The number of rotatable bonds is 7. The number of hydrogen-bond acceptors (Lipinski definition) is 2. The van der Waals surface area contributed by atoms with Crippen LogP contribution in [0.25, 0.3) is 0 Å². The molecule has 100 valence electrons. The molecule has 1 atom stereocenters. The van der Waals surface area contributed by atoms with E-state index in [1.165, 1.54) is 19.3 Å². The van der Waals surface area contributed by atoms with Crippen molar-refractivity contribution >= 4 is 0 Å². The first-order chi connectivity index (χ1) is 8.66. The molecule has 2 nitrogen and oxygen atoms in total. The Kier molecular flexibility index (Phi) is 4.53. The van der Waals surface area contributed by atoms with Crippen molar-refractivity contribution in [3.05, 3.63) is 29.8 Å². The molecule has 0 heterocycles. The van der Waals surface area contributed by atoms with Gasteiger partial charge in [0.1, 0.15) is 5.75 Å². The van der Waals surface area contributed by atoms with Crippen molar-refractivity contribution in [1.29, 1.82) is 0 Å². The van der Waals surface area contributed by atoms with Crippen molar-refractivity contribution in [3.8, 4) is 5.75 Å². The van der Waals surface area contributed by atoms with Crippen LogP contribution in [0.5, 0.6) is 5.75 Å². The second kappa shape index (κ2) is 6.14. The zero-order valence-electron chi connectivity index (χ0n) is 10.5. The SMILES string of the molecule is CC(NCCC1CC1)c1ccccc1OC(F)F. The Morgan fingerprint density at radius 3 is 2.72 bits per heavy atom. The molecule has 1 fully saturated rings. The lowest BCUT2D eigenvalue weighted by molar-refractivity contribution is -0.0506. The Hall–Kier alpha value is -1.16. The fraction of sp³-hybridized carbons (Fsp3) is 0.571. The van der Waals surface area contributed by atoms with Gasteiger partial charge in [-0.15, -0.1) is 0 Å². The molecule has 1 unspecified atom stereocenters. The largest absolute Gasteiger partial charge is 0.434 e. The monoisotopic (exact) mass is 255 g/mol. The number of ether oxygens (including phenoxy) is 1. The molecule has 1 N–H and O–H groups in total. The van der Waals surface area contributed by atoms with Crippen LogP contribution in [0.15, 0.2) is 24.3 Å². The van der Waals surface area contributed by atoms with E-state index in [9.17, 15) is 8.78 Å². The quantitative estimate of drug-likeness (QED) is 0.801. The summed E-state index contributed by atoms with van der Waals surface area (Å²) in [6.07, 6.45) is 3.84. The summed E-state index contributed by atoms with van der Waals surface area (Å²) in [6.45, 7) is 0.125. The van der Waals surface area contributed by atoms with Crippen LogP contribution in [-0.4, -0.2) is 13.2 Å². The van der Waals surface area contributed by atoms with Gasteiger partial charge in [-0.2, -0.15) is 8.78 Å². The molecular weight excluding hydrogens is 236 g/mol. The van der Waals surface area contributed by atoms with Crippen LogP contribution in [-0.2, 0) is 0 Å². The van der Waals surface area contributed by atoms with Gasteiger partial charge >= 0.3 is 6.61 Å². The molecule has 18 heavy (non-hydrogen) atoms. The topological polar surface area (TPSA) is 21.3 Å². The minimum Gasteiger partial charge on any atom is -0.434 e. The number of halogens is 2. The zero-order valence-corrected chi connectivity index (χ0v) is 10.5. The van der Waals surface area contributed by atoms with Crippen molar-refractivity contribution in [1.82, 2.24) is 5.32 Å². The van der Waals surface area contributed by atoms with E-state index in [4.69, 9.17) is 0 Å². The smallest absolute Gasteiger partial charge is 0.387 e. The molecule has 1 aliphatic rings. The van der Waals surface area contributed by atoms with Crippen LogP contribution in [0.4, 0.5) is 8.78 Å². The van der Waals surface area contributed by atoms with Gasteiger partial charge in [0, 0.05) is 11.6 Å². The third-order valence-electron chi connectivity index (χ3n) is 3.30. The molecule has 2 rings (SSSR count). The van der Waals surface area contributed by atoms with Crippen molar-refractivity contribution in [2.45, 2.75) is 38.8 Å². The molecule has 0 aromatic heterocycles. The Morgan fingerprint density at radius 1 is 1.33 bits per heavy atom. The lowest BCUT2D eigenvalue weighted by atomic mass is 10.1. The fourth-order valence-corrected chi connectivity index (χ4v) is 2.06. The Balaban J connectivity index is 1.91. The predicted molar refractivity (Wildman–Crippen MR) is 66.8 cm³/mol. The molecule has 0 radical (unpaired) electrons. The highest BCUT2D eigenvalue weighted by Crippen LogP contribution is 2.32. The first-order valence-corrected chi connectivity index (χ1v) is 6.44. The summed E-state index contributed by atoms with van der Waals surface area (Å²) in [4.78, 5) is 0. The molecular formula is C14H19F2NO. The number of para-hydroxylation sites is 1. The number of alkyl halides is 2. The summed E-state index contributed by atoms with van der Waals surface area (Å²) >= 11 is 0. The van der Waals surface area contributed by atoms with Gasteiger partial charge in [-0.3, -0.25) is 0 Å². The highest BCUT2D eigenvalue weighted by atomic mass is 19.3. The predicted octanol–water partition coefficient (Wildman–Crippen LogP) is 3.74. The van der Waals surface area contributed by atoms with E-state index >= 15 is 0 Å². The van der Waals surface area contributed by atoms with Gasteiger partial charge in [0.25, 0.3) is 0 Å². The minimum absolute atomic E-state index is 0.0266. The molecule has 4 heteroatoms. The molecule has 0 saturated heterocycles. The Bertz CT molecular complexity index is 380. The maximum Gasteiger partial charge on any atom is 0.387 e. The van der Waals surface area contributed by atoms with Crippen LogP contribution >= 0.6 is 0 Å². The molecule has 1 aliphatic carbocycles. The maximum absolute atomic E-state index is 12.3. The van der Waals surface area contributed by atoms with Gasteiger partial charge in [-0.05, 0) is 31.9 Å². The number of nitrogens with one attached hydrogen (secondary N) is 1. The van der Waals surface area contributed by atoms with Crippen LogP contribution in [0.3, 0.4) is 0 Å². The van der Waals surface area contributed by atoms with E-state index in [1.807, 2.05) is 19.1 Å². The van der Waals surface area contributed by atoms with Gasteiger partial charge in [0.15, 0.2) is 0 Å². The zero-order chi connectivity index (χ0) is 13.0. The summed E-state index contributed by atoms with van der Waals surface area (Å²) in [5, 5.41) is 3.36. The van der Waals surface area contributed by atoms with E-state index in [1.54, 1.807) is 12.1 Å². The van der Waals surface area contributed by atoms with Crippen LogP contribution < -0.4 is 10.1 Å². The average Bonchev–Trinajstić information content (AvgIpc) is 3.13. The molecule has 0 aliphatic heterocycles. The third kappa shape index (κ3) is 3.95. The maximum atomic E-state index is 12.3. The highest BCUT2D eigenvalue weighted by Gasteiger charge is 2.21. The van der Waals surface area contributed by atoms with Gasteiger partial charge in [0.2, 0.25) is 0 Å². The van der Waals surface area contributed by atoms with Crippen molar-refractivity contribution < 1.29 is 13.5 Å². The summed E-state index contributed by atoms with van der Waals surface area (Å²) in [6, 6.07) is 6.98. The third-order valence-corrected chi connectivity index (χ3v) is 3.30. The van der Waals surface area contributed by atoms with Crippen LogP contribution in [0, 0.1) is 5.92 Å². The summed E-state index contributed by atoms with van der Waals surface area (Å²) < 4.78 is 29.1.